The first kappa shape index (κ1) is 19.7. The highest BCUT2D eigenvalue weighted by molar-refractivity contribution is 7.71. The van der Waals surface area contributed by atoms with Crippen LogP contribution in [0.4, 0.5) is 4.39 Å². The fourth-order valence-corrected chi connectivity index (χ4v) is 5.28. The first-order valence-corrected chi connectivity index (χ1v) is 10.6. The van der Waals surface area contributed by atoms with Crippen molar-refractivity contribution in [2.75, 3.05) is 0 Å². The van der Waals surface area contributed by atoms with E-state index in [9.17, 15) is 9.18 Å². The molecule has 0 bridgehead atoms. The number of rotatable bonds is 4. The van der Waals surface area contributed by atoms with Crippen molar-refractivity contribution in [3.63, 3.8) is 0 Å². The molecule has 0 amide bonds. The highest BCUT2D eigenvalue weighted by Crippen LogP contribution is 2.28. The maximum atomic E-state index is 13.5. The summed E-state index contributed by atoms with van der Waals surface area (Å²) in [5, 5.41) is 5.32. The lowest BCUT2D eigenvalue weighted by atomic mass is 10.1. The highest BCUT2D eigenvalue weighted by atomic mass is 32.1. The van der Waals surface area contributed by atoms with Crippen LogP contribution in [0, 0.1) is 31.4 Å². The summed E-state index contributed by atoms with van der Waals surface area (Å²) in [4.78, 5) is 18.6. The molecule has 4 rings (SSSR count). The van der Waals surface area contributed by atoms with Gasteiger partial charge >= 0.3 is 0 Å². The van der Waals surface area contributed by atoms with Crippen LogP contribution in [0.15, 0.2) is 29.1 Å². The first-order valence-electron chi connectivity index (χ1n) is 9.38. The SMILES string of the molecule is CCc1c(C)sc2[nH]c(=S)n(-c3c(C)nn(Cc4ccc(F)cc4)c3C)c(=O)c12. The van der Waals surface area contributed by atoms with E-state index in [2.05, 4.69) is 17.0 Å². The first-order chi connectivity index (χ1) is 13.8. The van der Waals surface area contributed by atoms with E-state index in [1.54, 1.807) is 28.0 Å². The van der Waals surface area contributed by atoms with Crippen molar-refractivity contribution in [2.24, 2.45) is 0 Å². The molecule has 4 aromatic rings. The van der Waals surface area contributed by atoms with Gasteiger partial charge in [-0.15, -0.1) is 11.3 Å². The number of nitrogens with zero attached hydrogens (tertiary/aromatic N) is 3. The summed E-state index contributed by atoms with van der Waals surface area (Å²) < 4.78 is 16.9. The van der Waals surface area contributed by atoms with E-state index in [-0.39, 0.29) is 11.4 Å². The van der Waals surface area contributed by atoms with Gasteiger partial charge in [-0.3, -0.25) is 9.48 Å². The minimum Gasteiger partial charge on any atom is -0.323 e. The van der Waals surface area contributed by atoms with E-state index in [0.29, 0.717) is 22.4 Å². The molecule has 3 aromatic heterocycles. The molecule has 0 aliphatic carbocycles. The number of hydrogen-bond acceptors (Lipinski definition) is 4. The molecule has 1 N–H and O–H groups in total. The van der Waals surface area contributed by atoms with Crippen molar-refractivity contribution in [2.45, 2.75) is 40.7 Å². The Kier molecular flexibility index (Phi) is 5.00. The maximum absolute atomic E-state index is 13.5. The van der Waals surface area contributed by atoms with Gasteiger partial charge in [0.25, 0.3) is 5.56 Å². The molecular weight excluding hydrogens is 407 g/mol. The van der Waals surface area contributed by atoms with Crippen molar-refractivity contribution in [3.05, 3.63) is 72.6 Å². The predicted octanol–water partition coefficient (Wildman–Crippen LogP) is 4.98. The molecule has 0 unspecified atom stereocenters. The second-order valence-corrected chi connectivity index (χ2v) is 8.68. The van der Waals surface area contributed by atoms with Gasteiger partial charge in [-0.05, 0) is 62.7 Å². The molecule has 29 heavy (non-hydrogen) atoms. The Labute approximate surface area is 176 Å². The average Bonchev–Trinajstić information content (AvgIpc) is 3.13. The standard InChI is InChI=1S/C21H21FN4OS2/c1-5-16-13(4)29-19-17(16)20(27)26(21(28)23-19)18-11(2)24-25(12(18)3)10-14-6-8-15(22)9-7-14/h6-9H,5,10H2,1-4H3,(H,23,28). The summed E-state index contributed by atoms with van der Waals surface area (Å²) >= 11 is 7.11. The smallest absolute Gasteiger partial charge is 0.268 e. The molecule has 0 fully saturated rings. The molecule has 1 aromatic carbocycles. The van der Waals surface area contributed by atoms with Gasteiger partial charge in [0.05, 0.1) is 29.0 Å². The van der Waals surface area contributed by atoms with Crippen LogP contribution in [0.5, 0.6) is 0 Å². The quantitative estimate of drug-likeness (QED) is 0.466. The van der Waals surface area contributed by atoms with Gasteiger partial charge in [-0.25, -0.2) is 8.96 Å². The zero-order chi connectivity index (χ0) is 20.9. The van der Waals surface area contributed by atoms with Gasteiger partial charge in [0.1, 0.15) is 10.6 Å². The van der Waals surface area contributed by atoms with Gasteiger partial charge in [0.2, 0.25) is 0 Å². The lowest BCUT2D eigenvalue weighted by Gasteiger charge is -2.09. The number of thiophene rings is 1. The van der Waals surface area contributed by atoms with Gasteiger partial charge in [-0.2, -0.15) is 5.10 Å². The van der Waals surface area contributed by atoms with Gasteiger partial charge in [0, 0.05) is 4.88 Å². The summed E-state index contributed by atoms with van der Waals surface area (Å²) in [6.45, 7) is 8.36. The summed E-state index contributed by atoms with van der Waals surface area (Å²) in [5.74, 6) is -0.272. The molecule has 150 valence electrons. The normalized spacial score (nSPS) is 11.5. The number of aromatic amines is 1. The monoisotopic (exact) mass is 428 g/mol. The lowest BCUT2D eigenvalue weighted by Crippen LogP contribution is -2.22. The third kappa shape index (κ3) is 3.26. The van der Waals surface area contributed by atoms with Crippen molar-refractivity contribution in [1.29, 1.82) is 0 Å². The number of H-pyrrole nitrogens is 1. The lowest BCUT2D eigenvalue weighted by molar-refractivity contribution is 0.622. The second kappa shape index (κ2) is 7.35. The zero-order valence-electron chi connectivity index (χ0n) is 16.7. The van der Waals surface area contributed by atoms with Crippen molar-refractivity contribution < 1.29 is 4.39 Å². The van der Waals surface area contributed by atoms with Crippen LogP contribution in [-0.2, 0) is 13.0 Å². The van der Waals surface area contributed by atoms with Crippen molar-refractivity contribution in [3.8, 4) is 5.69 Å². The Hall–Kier alpha value is -2.58. The predicted molar refractivity (Wildman–Crippen MR) is 117 cm³/mol. The van der Waals surface area contributed by atoms with Crippen LogP contribution in [0.3, 0.4) is 0 Å². The van der Waals surface area contributed by atoms with E-state index in [0.717, 1.165) is 38.6 Å². The summed E-state index contributed by atoms with van der Waals surface area (Å²) in [5.41, 5.74) is 4.12. The van der Waals surface area contributed by atoms with E-state index >= 15 is 0 Å². The fourth-order valence-electron chi connectivity index (χ4n) is 3.81. The van der Waals surface area contributed by atoms with E-state index in [4.69, 9.17) is 12.2 Å². The molecule has 5 nitrogen and oxygen atoms in total. The van der Waals surface area contributed by atoms with Gasteiger partial charge in [0.15, 0.2) is 4.77 Å². The Morgan fingerprint density at radius 2 is 1.90 bits per heavy atom. The number of nitrogens with one attached hydrogen (secondary N) is 1. The van der Waals surface area contributed by atoms with E-state index < -0.39 is 0 Å². The zero-order valence-corrected chi connectivity index (χ0v) is 18.3. The number of hydrogen-bond donors (Lipinski definition) is 1. The van der Waals surface area contributed by atoms with Crippen molar-refractivity contribution in [1.82, 2.24) is 19.3 Å². The number of fused-ring (bicyclic) bond motifs is 1. The van der Waals surface area contributed by atoms with Crippen LogP contribution in [-0.4, -0.2) is 19.3 Å². The van der Waals surface area contributed by atoms with E-state index in [1.165, 1.54) is 12.1 Å². The topological polar surface area (TPSA) is 55.6 Å². The van der Waals surface area contributed by atoms with Crippen LogP contribution in [0.1, 0.15) is 34.3 Å². The summed E-state index contributed by atoms with van der Waals surface area (Å²) in [6, 6.07) is 6.33. The second-order valence-electron chi connectivity index (χ2n) is 7.07. The fraction of sp³-hybridized carbons (Fsp3) is 0.286. The number of halogens is 1. The highest BCUT2D eigenvalue weighted by Gasteiger charge is 2.20. The largest absolute Gasteiger partial charge is 0.323 e. The molecule has 0 aliphatic rings. The molecule has 0 aliphatic heterocycles. The van der Waals surface area contributed by atoms with E-state index in [1.807, 2.05) is 25.5 Å². The molecule has 0 saturated carbocycles. The Morgan fingerprint density at radius 3 is 2.55 bits per heavy atom. The van der Waals surface area contributed by atoms with Crippen LogP contribution < -0.4 is 5.56 Å². The number of benzene rings is 1. The Balaban J connectivity index is 1.90. The van der Waals surface area contributed by atoms with Crippen molar-refractivity contribution >= 4 is 33.8 Å². The molecule has 0 atom stereocenters. The third-order valence-corrected chi connectivity index (χ3v) is 6.56. The molecule has 3 heterocycles. The average molecular weight is 429 g/mol. The van der Waals surface area contributed by atoms with Gasteiger partial charge < -0.3 is 4.98 Å². The summed E-state index contributed by atoms with van der Waals surface area (Å²) in [6.07, 6.45) is 0.785. The number of aromatic nitrogens is 4. The molecule has 0 saturated heterocycles. The minimum absolute atomic E-state index is 0.113. The molecule has 8 heteroatoms. The summed E-state index contributed by atoms with van der Waals surface area (Å²) in [7, 11) is 0. The molecular formula is C21H21FN4OS2. The minimum atomic E-state index is -0.272. The Morgan fingerprint density at radius 1 is 1.21 bits per heavy atom. The van der Waals surface area contributed by atoms with Crippen LogP contribution in [0.2, 0.25) is 0 Å². The van der Waals surface area contributed by atoms with Crippen LogP contribution >= 0.6 is 23.6 Å². The number of aryl methyl sites for hydroxylation is 3. The van der Waals surface area contributed by atoms with Gasteiger partial charge in [-0.1, -0.05) is 19.1 Å². The Bertz CT molecular complexity index is 1340. The maximum Gasteiger partial charge on any atom is 0.268 e. The third-order valence-electron chi connectivity index (χ3n) is 5.22. The van der Waals surface area contributed by atoms with Crippen LogP contribution in [0.25, 0.3) is 15.9 Å². The molecule has 0 radical (unpaired) electrons. The molecule has 0 spiro atoms.